The van der Waals surface area contributed by atoms with Crippen molar-refractivity contribution < 1.29 is 19.0 Å². The van der Waals surface area contributed by atoms with E-state index in [1.54, 1.807) is 6.92 Å². The molecule has 0 saturated heterocycles. The number of benzene rings is 1. The van der Waals surface area contributed by atoms with Crippen molar-refractivity contribution in [3.8, 4) is 0 Å². The molecule has 17 heavy (non-hydrogen) atoms. The number of aliphatic hydroxyl groups excluding tert-OH is 1. The number of hydrogen-bond donors (Lipinski definition) is 2. The molecule has 0 radical (unpaired) electrons. The predicted molar refractivity (Wildman–Crippen MR) is 61.0 cm³/mol. The van der Waals surface area contributed by atoms with Crippen LogP contribution in [0.5, 0.6) is 0 Å². The van der Waals surface area contributed by atoms with Crippen LogP contribution < -0.4 is 5.73 Å². The number of rotatable bonds is 4. The van der Waals surface area contributed by atoms with Gasteiger partial charge in [-0.25, -0.2) is 4.39 Å². The van der Waals surface area contributed by atoms with Crippen LogP contribution in [0.2, 0.25) is 5.02 Å². The number of esters is 1. The highest BCUT2D eigenvalue weighted by Gasteiger charge is 2.25. The number of carbonyl (C=O) groups is 1. The first kappa shape index (κ1) is 13.9. The molecule has 0 spiro atoms. The number of nitrogens with two attached hydrogens (primary N) is 1. The minimum absolute atomic E-state index is 0.0642. The van der Waals surface area contributed by atoms with E-state index in [0.29, 0.717) is 0 Å². The third-order valence-electron chi connectivity index (χ3n) is 2.18. The largest absolute Gasteiger partial charge is 0.465 e. The molecule has 0 saturated carbocycles. The van der Waals surface area contributed by atoms with Crippen molar-refractivity contribution in [3.05, 3.63) is 34.6 Å². The monoisotopic (exact) mass is 261 g/mol. The van der Waals surface area contributed by atoms with Gasteiger partial charge in [-0.1, -0.05) is 17.7 Å². The summed E-state index contributed by atoms with van der Waals surface area (Å²) in [6, 6.07) is 2.46. The second kappa shape index (κ2) is 5.95. The van der Waals surface area contributed by atoms with Crippen LogP contribution >= 0.6 is 11.6 Å². The number of aliphatic hydroxyl groups is 1. The van der Waals surface area contributed by atoms with Crippen LogP contribution in [-0.2, 0) is 9.53 Å². The molecule has 0 aromatic heterocycles. The molecule has 0 heterocycles. The lowest BCUT2D eigenvalue weighted by molar-refractivity contribution is -0.147. The van der Waals surface area contributed by atoms with Gasteiger partial charge in [0.25, 0.3) is 0 Å². The molecule has 94 valence electrons. The summed E-state index contributed by atoms with van der Waals surface area (Å²) in [4.78, 5) is 11.3. The van der Waals surface area contributed by atoms with Gasteiger partial charge in [0, 0.05) is 0 Å². The summed E-state index contributed by atoms with van der Waals surface area (Å²) >= 11 is 5.50. The molecule has 0 aliphatic heterocycles. The van der Waals surface area contributed by atoms with E-state index >= 15 is 0 Å². The SMILES string of the molecule is CCOC(=O)[C@@H](N)[C@@H](O)c1ccc(Cl)c(F)c1. The topological polar surface area (TPSA) is 72.5 Å². The average molecular weight is 262 g/mol. The van der Waals surface area contributed by atoms with Gasteiger partial charge in [-0.05, 0) is 24.6 Å². The Morgan fingerprint density at radius 2 is 2.29 bits per heavy atom. The number of halogens is 2. The fourth-order valence-corrected chi connectivity index (χ4v) is 1.39. The van der Waals surface area contributed by atoms with Crippen LogP contribution in [0, 0.1) is 5.82 Å². The van der Waals surface area contributed by atoms with E-state index < -0.39 is 23.9 Å². The molecular weight excluding hydrogens is 249 g/mol. The molecular formula is C11H13ClFNO3. The molecule has 1 rings (SSSR count). The average Bonchev–Trinajstić information content (AvgIpc) is 2.31. The molecule has 0 aliphatic rings. The van der Waals surface area contributed by atoms with E-state index in [1.165, 1.54) is 12.1 Å². The second-order valence-corrected chi connectivity index (χ2v) is 3.80. The van der Waals surface area contributed by atoms with Crippen molar-refractivity contribution in [1.29, 1.82) is 0 Å². The van der Waals surface area contributed by atoms with Crippen molar-refractivity contribution in [2.45, 2.75) is 19.1 Å². The van der Waals surface area contributed by atoms with E-state index in [9.17, 15) is 14.3 Å². The van der Waals surface area contributed by atoms with Crippen molar-refractivity contribution in [2.24, 2.45) is 5.73 Å². The van der Waals surface area contributed by atoms with Crippen LogP contribution in [0.3, 0.4) is 0 Å². The van der Waals surface area contributed by atoms with Gasteiger partial charge in [-0.3, -0.25) is 4.79 Å². The summed E-state index contributed by atoms with van der Waals surface area (Å²) in [6.07, 6.45) is -1.33. The Morgan fingerprint density at radius 1 is 1.65 bits per heavy atom. The molecule has 4 nitrogen and oxygen atoms in total. The van der Waals surface area contributed by atoms with Crippen molar-refractivity contribution in [3.63, 3.8) is 0 Å². The third kappa shape index (κ3) is 3.39. The van der Waals surface area contributed by atoms with Gasteiger partial charge in [0.2, 0.25) is 0 Å². The lowest BCUT2D eigenvalue weighted by Gasteiger charge is -2.17. The smallest absolute Gasteiger partial charge is 0.325 e. The second-order valence-electron chi connectivity index (χ2n) is 3.40. The van der Waals surface area contributed by atoms with Gasteiger partial charge in [0.05, 0.1) is 11.6 Å². The fourth-order valence-electron chi connectivity index (χ4n) is 1.27. The molecule has 2 atom stereocenters. The van der Waals surface area contributed by atoms with Crippen molar-refractivity contribution in [1.82, 2.24) is 0 Å². The molecule has 3 N–H and O–H groups in total. The van der Waals surface area contributed by atoms with Crippen LogP contribution in [0.15, 0.2) is 18.2 Å². The van der Waals surface area contributed by atoms with Gasteiger partial charge >= 0.3 is 5.97 Å². The zero-order valence-corrected chi connectivity index (χ0v) is 9.95. The van der Waals surface area contributed by atoms with Crippen LogP contribution in [-0.4, -0.2) is 23.7 Å². The summed E-state index contributed by atoms with van der Waals surface area (Å²) < 4.78 is 17.8. The van der Waals surface area contributed by atoms with Gasteiger partial charge in [-0.15, -0.1) is 0 Å². The summed E-state index contributed by atoms with van der Waals surface area (Å²) in [5.74, 6) is -1.42. The number of ether oxygens (including phenoxy) is 1. The third-order valence-corrected chi connectivity index (χ3v) is 2.49. The molecule has 0 bridgehead atoms. The molecule has 1 aromatic carbocycles. The van der Waals surface area contributed by atoms with E-state index in [1.807, 2.05) is 0 Å². The Kier molecular flexibility index (Phi) is 4.86. The molecule has 1 aromatic rings. The molecule has 6 heteroatoms. The highest BCUT2D eigenvalue weighted by atomic mass is 35.5. The van der Waals surface area contributed by atoms with Crippen molar-refractivity contribution >= 4 is 17.6 Å². The normalized spacial score (nSPS) is 14.2. The lowest BCUT2D eigenvalue weighted by Crippen LogP contribution is -2.38. The minimum atomic E-state index is -1.33. The summed E-state index contributed by atoms with van der Waals surface area (Å²) in [5.41, 5.74) is 5.66. The lowest BCUT2D eigenvalue weighted by atomic mass is 10.0. The maximum atomic E-state index is 13.2. The number of hydrogen-bond acceptors (Lipinski definition) is 4. The van der Waals surface area contributed by atoms with Crippen LogP contribution in [0.1, 0.15) is 18.6 Å². The number of carbonyl (C=O) groups excluding carboxylic acids is 1. The van der Waals surface area contributed by atoms with Crippen LogP contribution in [0.4, 0.5) is 4.39 Å². The van der Waals surface area contributed by atoms with E-state index in [2.05, 4.69) is 4.74 Å². The Bertz CT molecular complexity index is 414. The van der Waals surface area contributed by atoms with Gasteiger partial charge in [0.1, 0.15) is 18.0 Å². The first-order valence-corrected chi connectivity index (χ1v) is 5.40. The van der Waals surface area contributed by atoms with Crippen molar-refractivity contribution in [2.75, 3.05) is 6.61 Å². The Hall–Kier alpha value is -1.17. The Morgan fingerprint density at radius 3 is 2.82 bits per heavy atom. The predicted octanol–water partition coefficient (Wildman–Crippen LogP) is 1.40. The highest BCUT2D eigenvalue weighted by Crippen LogP contribution is 2.22. The standard InChI is InChI=1S/C11H13ClFNO3/c1-2-17-11(16)9(14)10(15)6-3-4-7(12)8(13)5-6/h3-5,9-10,15H,2,14H2,1H3/t9-,10-/m0/s1. The summed E-state index contributed by atoms with van der Waals surface area (Å²) in [7, 11) is 0. The molecule has 0 amide bonds. The van der Waals surface area contributed by atoms with E-state index in [0.717, 1.165) is 6.07 Å². The molecule has 0 unspecified atom stereocenters. The fraction of sp³-hybridized carbons (Fsp3) is 0.364. The Balaban J connectivity index is 2.84. The molecule has 0 aliphatic carbocycles. The zero-order chi connectivity index (χ0) is 13.0. The van der Waals surface area contributed by atoms with Gasteiger partial charge in [0.15, 0.2) is 0 Å². The maximum Gasteiger partial charge on any atom is 0.325 e. The van der Waals surface area contributed by atoms with Crippen LogP contribution in [0.25, 0.3) is 0 Å². The molecule has 0 fully saturated rings. The maximum absolute atomic E-state index is 13.2. The first-order chi connectivity index (χ1) is 7.97. The van der Waals surface area contributed by atoms with Gasteiger partial charge in [-0.2, -0.15) is 0 Å². The zero-order valence-electron chi connectivity index (χ0n) is 9.19. The quantitative estimate of drug-likeness (QED) is 0.804. The minimum Gasteiger partial charge on any atom is -0.465 e. The Labute approximate surface area is 103 Å². The van der Waals surface area contributed by atoms with E-state index in [-0.39, 0.29) is 17.2 Å². The first-order valence-electron chi connectivity index (χ1n) is 5.02. The van der Waals surface area contributed by atoms with E-state index in [4.69, 9.17) is 17.3 Å². The van der Waals surface area contributed by atoms with Gasteiger partial charge < -0.3 is 15.6 Å². The summed E-state index contributed by atoms with van der Waals surface area (Å²) in [5, 5.41) is 9.70. The summed E-state index contributed by atoms with van der Waals surface area (Å²) in [6.45, 7) is 1.78. The highest BCUT2D eigenvalue weighted by molar-refractivity contribution is 6.30.